The Balaban J connectivity index is 2.71. The van der Waals surface area contributed by atoms with E-state index in [0.29, 0.717) is 5.02 Å². The molecular formula is C11H15ClN2OS. The molecule has 1 aromatic rings. The lowest BCUT2D eigenvalue weighted by atomic mass is 10.2. The van der Waals surface area contributed by atoms with Crippen molar-refractivity contribution in [1.29, 1.82) is 0 Å². The Bertz CT molecular complexity index is 360. The lowest BCUT2D eigenvalue weighted by Gasteiger charge is -2.13. The standard InChI is InChI=1S/C11H15ClN2OS/c1-2-4-10(11(15)14-13)16-9-6-3-5-8(12)7-9/h3,5-7,10H,2,4,13H2,1H3,(H,14,15). The zero-order chi connectivity index (χ0) is 12.0. The third-order valence-corrected chi connectivity index (χ3v) is 3.56. The van der Waals surface area contributed by atoms with Gasteiger partial charge in [0.2, 0.25) is 5.91 Å². The highest BCUT2D eigenvalue weighted by molar-refractivity contribution is 8.00. The SMILES string of the molecule is CCCC(Sc1cccc(Cl)c1)C(=O)NN. The van der Waals surface area contributed by atoms with Crippen LogP contribution in [0.2, 0.25) is 5.02 Å². The summed E-state index contributed by atoms with van der Waals surface area (Å²) in [4.78, 5) is 12.5. The van der Waals surface area contributed by atoms with Gasteiger partial charge in [0.15, 0.2) is 0 Å². The lowest BCUT2D eigenvalue weighted by molar-refractivity contribution is -0.120. The van der Waals surface area contributed by atoms with E-state index in [1.165, 1.54) is 11.8 Å². The first-order valence-electron chi connectivity index (χ1n) is 5.10. The molecule has 0 aromatic heterocycles. The first kappa shape index (κ1) is 13.4. The molecule has 0 spiro atoms. The van der Waals surface area contributed by atoms with Gasteiger partial charge in [-0.25, -0.2) is 5.84 Å². The van der Waals surface area contributed by atoms with E-state index in [2.05, 4.69) is 5.43 Å². The molecule has 0 bridgehead atoms. The number of hydrogen-bond acceptors (Lipinski definition) is 3. The van der Waals surface area contributed by atoms with Crippen molar-refractivity contribution in [3.63, 3.8) is 0 Å². The van der Waals surface area contributed by atoms with Gasteiger partial charge in [0.05, 0.1) is 5.25 Å². The van der Waals surface area contributed by atoms with Gasteiger partial charge in [-0.05, 0) is 24.6 Å². The average Bonchev–Trinajstić information content (AvgIpc) is 2.27. The number of nitrogens with one attached hydrogen (secondary N) is 1. The monoisotopic (exact) mass is 258 g/mol. The Morgan fingerprint density at radius 3 is 2.94 bits per heavy atom. The van der Waals surface area contributed by atoms with Gasteiger partial charge < -0.3 is 0 Å². The molecule has 0 aliphatic heterocycles. The molecule has 1 unspecified atom stereocenters. The van der Waals surface area contributed by atoms with Crippen molar-refractivity contribution >= 4 is 29.3 Å². The molecule has 0 radical (unpaired) electrons. The van der Waals surface area contributed by atoms with Crippen molar-refractivity contribution in [3.8, 4) is 0 Å². The van der Waals surface area contributed by atoms with Crippen LogP contribution in [0.25, 0.3) is 0 Å². The second kappa shape index (κ2) is 6.78. The van der Waals surface area contributed by atoms with Crippen LogP contribution in [-0.4, -0.2) is 11.2 Å². The molecule has 1 atom stereocenters. The summed E-state index contributed by atoms with van der Waals surface area (Å²) in [6.07, 6.45) is 1.73. The van der Waals surface area contributed by atoms with Crippen molar-refractivity contribution in [2.45, 2.75) is 29.9 Å². The Hall–Kier alpha value is -0.710. The second-order valence-corrected chi connectivity index (χ2v) is 5.07. The molecule has 1 aromatic carbocycles. The normalized spacial score (nSPS) is 12.2. The zero-order valence-electron chi connectivity index (χ0n) is 9.07. The molecule has 1 amide bonds. The molecule has 0 aliphatic carbocycles. The van der Waals surface area contributed by atoms with Crippen molar-refractivity contribution in [1.82, 2.24) is 5.43 Å². The van der Waals surface area contributed by atoms with Crippen LogP contribution in [0, 0.1) is 0 Å². The fraction of sp³-hybridized carbons (Fsp3) is 0.364. The van der Waals surface area contributed by atoms with Gasteiger partial charge in [-0.15, -0.1) is 11.8 Å². The van der Waals surface area contributed by atoms with Crippen LogP contribution in [0.5, 0.6) is 0 Å². The van der Waals surface area contributed by atoms with Crippen molar-refractivity contribution in [2.24, 2.45) is 5.84 Å². The van der Waals surface area contributed by atoms with Gasteiger partial charge in [-0.2, -0.15) is 0 Å². The predicted molar refractivity (Wildman–Crippen MR) is 68.3 cm³/mol. The molecule has 1 rings (SSSR count). The van der Waals surface area contributed by atoms with Crippen LogP contribution in [0.1, 0.15) is 19.8 Å². The van der Waals surface area contributed by atoms with Crippen molar-refractivity contribution in [3.05, 3.63) is 29.3 Å². The second-order valence-electron chi connectivity index (χ2n) is 3.36. The molecule has 0 heterocycles. The molecule has 3 N–H and O–H groups in total. The summed E-state index contributed by atoms with van der Waals surface area (Å²) in [5.74, 6) is 5.00. The van der Waals surface area contributed by atoms with Crippen LogP contribution in [0.15, 0.2) is 29.2 Å². The third kappa shape index (κ3) is 4.04. The Labute approximate surface area is 105 Å². The van der Waals surface area contributed by atoms with Crippen molar-refractivity contribution in [2.75, 3.05) is 0 Å². The Morgan fingerprint density at radius 2 is 2.38 bits per heavy atom. The fourth-order valence-corrected chi connectivity index (χ4v) is 2.77. The number of carbonyl (C=O) groups is 1. The summed E-state index contributed by atoms with van der Waals surface area (Å²) in [5.41, 5.74) is 2.19. The molecule has 0 saturated heterocycles. The molecule has 0 aliphatic rings. The van der Waals surface area contributed by atoms with Gasteiger partial charge in [-0.3, -0.25) is 10.2 Å². The highest BCUT2D eigenvalue weighted by atomic mass is 35.5. The van der Waals surface area contributed by atoms with E-state index < -0.39 is 0 Å². The van der Waals surface area contributed by atoms with E-state index in [9.17, 15) is 4.79 Å². The summed E-state index contributed by atoms with van der Waals surface area (Å²) >= 11 is 7.36. The number of hydrazine groups is 1. The minimum Gasteiger partial charge on any atom is -0.293 e. The maximum Gasteiger partial charge on any atom is 0.247 e. The number of rotatable bonds is 5. The van der Waals surface area contributed by atoms with Gasteiger partial charge in [0.1, 0.15) is 0 Å². The average molecular weight is 259 g/mol. The number of nitrogens with two attached hydrogens (primary N) is 1. The summed E-state index contributed by atoms with van der Waals surface area (Å²) in [7, 11) is 0. The molecule has 0 saturated carbocycles. The van der Waals surface area contributed by atoms with Crippen LogP contribution in [0.4, 0.5) is 0 Å². The van der Waals surface area contributed by atoms with Gasteiger partial charge in [-0.1, -0.05) is 31.0 Å². The molecule has 16 heavy (non-hydrogen) atoms. The highest BCUT2D eigenvalue weighted by Crippen LogP contribution is 2.28. The number of hydrogen-bond donors (Lipinski definition) is 2. The van der Waals surface area contributed by atoms with Gasteiger partial charge in [0.25, 0.3) is 0 Å². The van der Waals surface area contributed by atoms with Gasteiger partial charge >= 0.3 is 0 Å². The Kier molecular flexibility index (Phi) is 5.66. The summed E-state index contributed by atoms with van der Waals surface area (Å²) < 4.78 is 0. The number of benzene rings is 1. The van der Waals surface area contributed by atoms with Crippen molar-refractivity contribution < 1.29 is 4.79 Å². The third-order valence-electron chi connectivity index (χ3n) is 2.06. The van der Waals surface area contributed by atoms with E-state index in [1.54, 1.807) is 0 Å². The van der Waals surface area contributed by atoms with E-state index in [-0.39, 0.29) is 11.2 Å². The quantitative estimate of drug-likeness (QED) is 0.369. The number of amides is 1. The largest absolute Gasteiger partial charge is 0.293 e. The van der Waals surface area contributed by atoms with Crippen LogP contribution >= 0.6 is 23.4 Å². The Morgan fingerprint density at radius 1 is 1.62 bits per heavy atom. The van der Waals surface area contributed by atoms with Crippen LogP contribution < -0.4 is 11.3 Å². The number of thioether (sulfide) groups is 1. The number of carbonyl (C=O) groups excluding carboxylic acids is 1. The highest BCUT2D eigenvalue weighted by Gasteiger charge is 2.17. The van der Waals surface area contributed by atoms with E-state index >= 15 is 0 Å². The molecule has 5 heteroatoms. The van der Waals surface area contributed by atoms with E-state index in [0.717, 1.165) is 17.7 Å². The molecule has 0 fully saturated rings. The molecule has 3 nitrogen and oxygen atoms in total. The minimum absolute atomic E-state index is 0.146. The van der Waals surface area contributed by atoms with E-state index in [1.807, 2.05) is 31.2 Å². The van der Waals surface area contributed by atoms with Crippen LogP contribution in [0.3, 0.4) is 0 Å². The summed E-state index contributed by atoms with van der Waals surface area (Å²) in [6, 6.07) is 7.46. The van der Waals surface area contributed by atoms with E-state index in [4.69, 9.17) is 17.4 Å². The first-order chi connectivity index (χ1) is 7.67. The maximum atomic E-state index is 11.5. The molecular weight excluding hydrogens is 244 g/mol. The molecule has 88 valence electrons. The van der Waals surface area contributed by atoms with Gasteiger partial charge in [0, 0.05) is 9.92 Å². The van der Waals surface area contributed by atoms with Crippen LogP contribution in [-0.2, 0) is 4.79 Å². The maximum absolute atomic E-state index is 11.5. The number of halogens is 1. The first-order valence-corrected chi connectivity index (χ1v) is 6.35. The predicted octanol–water partition coefficient (Wildman–Crippen LogP) is 2.59. The summed E-state index contributed by atoms with van der Waals surface area (Å²) in [5, 5.41) is 0.516. The minimum atomic E-state index is -0.159. The zero-order valence-corrected chi connectivity index (χ0v) is 10.6. The smallest absolute Gasteiger partial charge is 0.247 e. The summed E-state index contributed by atoms with van der Waals surface area (Å²) in [6.45, 7) is 2.04. The topological polar surface area (TPSA) is 55.1 Å². The fourth-order valence-electron chi connectivity index (χ4n) is 1.30. The lowest BCUT2D eigenvalue weighted by Crippen LogP contribution is -2.37.